The molecule has 0 aliphatic carbocycles. The fraction of sp³-hybridized carbons (Fsp3) is 0.625. The van der Waals surface area contributed by atoms with Crippen molar-refractivity contribution in [3.05, 3.63) is 33.3 Å². The molecule has 116 valence electrons. The van der Waals surface area contributed by atoms with Gasteiger partial charge in [0.25, 0.3) is 0 Å². The summed E-state index contributed by atoms with van der Waals surface area (Å²) < 4.78 is 1.02. The number of hydrogen-bond acceptors (Lipinski definition) is 3. The number of nitrogens with zero attached hydrogens (tertiary/aromatic N) is 1. The average Bonchev–Trinajstić information content (AvgIpc) is 2.68. The summed E-state index contributed by atoms with van der Waals surface area (Å²) in [6.45, 7) is 0. The zero-order chi connectivity index (χ0) is 15.0. The van der Waals surface area contributed by atoms with Gasteiger partial charge in [-0.3, -0.25) is 11.3 Å². The van der Waals surface area contributed by atoms with Crippen LogP contribution in [0, 0.1) is 5.92 Å². The van der Waals surface area contributed by atoms with Crippen molar-refractivity contribution in [3.8, 4) is 0 Å². The van der Waals surface area contributed by atoms with E-state index >= 15 is 0 Å². The average molecular weight is 373 g/mol. The van der Waals surface area contributed by atoms with Crippen LogP contribution >= 0.6 is 27.5 Å². The SMILES string of the molecule is CN1C2CCC1CC(C(Cc1ccc(Br)cc1Cl)NN)C2. The molecule has 2 bridgehead atoms. The lowest BCUT2D eigenvalue weighted by Crippen LogP contribution is -2.49. The van der Waals surface area contributed by atoms with Gasteiger partial charge < -0.3 is 4.90 Å². The molecule has 0 aromatic heterocycles. The van der Waals surface area contributed by atoms with Gasteiger partial charge in [-0.1, -0.05) is 33.6 Å². The van der Waals surface area contributed by atoms with Crippen LogP contribution in [0.25, 0.3) is 0 Å². The highest BCUT2D eigenvalue weighted by molar-refractivity contribution is 9.10. The summed E-state index contributed by atoms with van der Waals surface area (Å²) in [6, 6.07) is 7.89. The summed E-state index contributed by atoms with van der Waals surface area (Å²) in [5.41, 5.74) is 4.23. The van der Waals surface area contributed by atoms with Crippen molar-refractivity contribution in [3.63, 3.8) is 0 Å². The molecule has 3 rings (SSSR count). The first-order chi connectivity index (χ1) is 10.1. The van der Waals surface area contributed by atoms with E-state index in [1.807, 2.05) is 12.1 Å². The summed E-state index contributed by atoms with van der Waals surface area (Å²) in [7, 11) is 2.27. The molecule has 3 N–H and O–H groups in total. The Labute approximate surface area is 140 Å². The normalized spacial score (nSPS) is 30.6. The fourth-order valence-corrected chi connectivity index (χ4v) is 4.82. The number of hydrazine groups is 1. The van der Waals surface area contributed by atoms with Gasteiger partial charge in [-0.2, -0.15) is 0 Å². The monoisotopic (exact) mass is 371 g/mol. The fourth-order valence-electron chi connectivity index (χ4n) is 4.07. The smallest absolute Gasteiger partial charge is 0.0449 e. The van der Waals surface area contributed by atoms with Crippen LogP contribution in [0.3, 0.4) is 0 Å². The van der Waals surface area contributed by atoms with Crippen molar-refractivity contribution in [1.82, 2.24) is 10.3 Å². The second-order valence-corrected chi connectivity index (χ2v) is 7.82. The van der Waals surface area contributed by atoms with Gasteiger partial charge in [0.1, 0.15) is 0 Å². The number of hydrogen-bond donors (Lipinski definition) is 2. The molecule has 0 spiro atoms. The Morgan fingerprint density at radius 2 is 2.05 bits per heavy atom. The molecule has 21 heavy (non-hydrogen) atoms. The first kappa shape index (κ1) is 15.8. The van der Waals surface area contributed by atoms with Gasteiger partial charge in [0, 0.05) is 27.6 Å². The number of benzene rings is 1. The van der Waals surface area contributed by atoms with E-state index in [0.717, 1.165) is 28.0 Å². The predicted octanol–water partition coefficient (Wildman–Crippen LogP) is 3.35. The molecule has 2 aliphatic heterocycles. The van der Waals surface area contributed by atoms with Crippen LogP contribution in [-0.2, 0) is 6.42 Å². The van der Waals surface area contributed by atoms with E-state index < -0.39 is 0 Å². The maximum atomic E-state index is 6.36. The number of nitrogens with two attached hydrogens (primary N) is 1. The summed E-state index contributed by atoms with van der Waals surface area (Å²) in [5, 5.41) is 0.820. The minimum atomic E-state index is 0.306. The van der Waals surface area contributed by atoms with Crippen molar-refractivity contribution in [1.29, 1.82) is 0 Å². The molecule has 0 radical (unpaired) electrons. The van der Waals surface area contributed by atoms with Gasteiger partial charge in [-0.25, -0.2) is 0 Å². The van der Waals surface area contributed by atoms with Gasteiger partial charge in [0.15, 0.2) is 0 Å². The molecule has 3 nitrogen and oxygen atoms in total. The van der Waals surface area contributed by atoms with E-state index in [4.69, 9.17) is 17.4 Å². The maximum absolute atomic E-state index is 6.36. The van der Waals surface area contributed by atoms with Crippen molar-refractivity contribution in [2.24, 2.45) is 11.8 Å². The van der Waals surface area contributed by atoms with Crippen LogP contribution in [0.5, 0.6) is 0 Å². The van der Waals surface area contributed by atoms with Crippen LogP contribution in [0.1, 0.15) is 31.2 Å². The Hall–Kier alpha value is -0.130. The quantitative estimate of drug-likeness (QED) is 0.629. The highest BCUT2D eigenvalue weighted by atomic mass is 79.9. The minimum absolute atomic E-state index is 0.306. The summed E-state index contributed by atoms with van der Waals surface area (Å²) in [6.07, 6.45) is 6.07. The van der Waals surface area contributed by atoms with E-state index in [1.54, 1.807) is 0 Å². The second kappa shape index (κ2) is 6.55. The van der Waals surface area contributed by atoms with Crippen LogP contribution in [0.2, 0.25) is 5.02 Å². The Balaban J connectivity index is 1.71. The van der Waals surface area contributed by atoms with Crippen molar-refractivity contribution >= 4 is 27.5 Å². The maximum Gasteiger partial charge on any atom is 0.0449 e. The third-order valence-corrected chi connectivity index (χ3v) is 6.22. The van der Waals surface area contributed by atoms with Crippen LogP contribution in [0.15, 0.2) is 22.7 Å². The van der Waals surface area contributed by atoms with Crippen molar-refractivity contribution in [2.45, 2.75) is 50.2 Å². The third kappa shape index (κ3) is 3.30. The topological polar surface area (TPSA) is 41.3 Å². The summed E-state index contributed by atoms with van der Waals surface area (Å²) in [5.74, 6) is 6.50. The third-order valence-electron chi connectivity index (χ3n) is 5.37. The van der Waals surface area contributed by atoms with Crippen molar-refractivity contribution < 1.29 is 0 Å². The van der Waals surface area contributed by atoms with Crippen molar-refractivity contribution in [2.75, 3.05) is 7.05 Å². The molecule has 2 fully saturated rings. The molecule has 1 aromatic carbocycles. The zero-order valence-electron chi connectivity index (χ0n) is 12.4. The van der Waals surface area contributed by atoms with E-state index in [2.05, 4.69) is 39.4 Å². The van der Waals surface area contributed by atoms with Crippen LogP contribution in [-0.4, -0.2) is 30.1 Å². The molecule has 3 unspecified atom stereocenters. The highest BCUT2D eigenvalue weighted by Crippen LogP contribution is 2.39. The standard InChI is InChI=1S/C16H23BrClN3/c1-21-13-4-5-14(21)7-11(6-13)16(20-19)8-10-2-3-12(17)9-15(10)18/h2-3,9,11,13-14,16,20H,4-8,19H2,1H3. The van der Waals surface area contributed by atoms with Crippen LogP contribution in [0.4, 0.5) is 0 Å². The number of nitrogens with one attached hydrogen (secondary N) is 1. The molecular weight excluding hydrogens is 350 g/mol. The minimum Gasteiger partial charge on any atom is -0.300 e. The molecule has 1 aromatic rings. The Morgan fingerprint density at radius 3 is 2.62 bits per heavy atom. The van der Waals surface area contributed by atoms with E-state index in [-0.39, 0.29) is 0 Å². The largest absolute Gasteiger partial charge is 0.300 e. The predicted molar refractivity (Wildman–Crippen MR) is 91.3 cm³/mol. The lowest BCUT2D eigenvalue weighted by molar-refractivity contribution is 0.112. The van der Waals surface area contributed by atoms with Crippen LogP contribution < -0.4 is 11.3 Å². The molecule has 3 atom stereocenters. The van der Waals surface area contributed by atoms with Gasteiger partial charge in [-0.05, 0) is 62.8 Å². The molecule has 0 amide bonds. The Bertz CT molecular complexity index is 496. The molecule has 2 heterocycles. The first-order valence-electron chi connectivity index (χ1n) is 7.70. The lowest BCUT2D eigenvalue weighted by Gasteiger charge is -2.39. The van der Waals surface area contributed by atoms with E-state index in [9.17, 15) is 0 Å². The van der Waals surface area contributed by atoms with Gasteiger partial charge >= 0.3 is 0 Å². The highest BCUT2D eigenvalue weighted by Gasteiger charge is 2.40. The molecule has 2 aliphatic rings. The molecule has 0 saturated carbocycles. The zero-order valence-corrected chi connectivity index (χ0v) is 14.7. The first-order valence-corrected chi connectivity index (χ1v) is 8.87. The molecule has 2 saturated heterocycles. The second-order valence-electron chi connectivity index (χ2n) is 6.49. The number of halogens is 2. The van der Waals surface area contributed by atoms with E-state index in [0.29, 0.717) is 12.0 Å². The van der Waals surface area contributed by atoms with Gasteiger partial charge in [0.05, 0.1) is 0 Å². The Morgan fingerprint density at radius 1 is 1.38 bits per heavy atom. The summed E-state index contributed by atoms with van der Waals surface area (Å²) in [4.78, 5) is 2.57. The van der Waals surface area contributed by atoms with E-state index in [1.165, 1.54) is 31.2 Å². The summed E-state index contributed by atoms with van der Waals surface area (Å²) >= 11 is 9.81. The number of rotatable bonds is 4. The lowest BCUT2D eigenvalue weighted by atomic mass is 9.83. The molecular formula is C16H23BrClN3. The molecule has 5 heteroatoms. The van der Waals surface area contributed by atoms with Gasteiger partial charge in [0.2, 0.25) is 0 Å². The number of piperidine rings is 1. The Kier molecular flexibility index (Phi) is 4.91. The van der Waals surface area contributed by atoms with Gasteiger partial charge in [-0.15, -0.1) is 0 Å². The number of fused-ring (bicyclic) bond motifs is 2.